The van der Waals surface area contributed by atoms with Crippen molar-refractivity contribution in [3.05, 3.63) is 45.4 Å². The molecule has 106 valence electrons. The molecule has 0 unspecified atom stereocenters. The van der Waals surface area contributed by atoms with Gasteiger partial charge in [0, 0.05) is 22.3 Å². The number of anilines is 1. The van der Waals surface area contributed by atoms with E-state index in [1.807, 2.05) is 26.0 Å². The van der Waals surface area contributed by atoms with Gasteiger partial charge in [0.25, 0.3) is 0 Å². The number of hydrogen-bond donors (Lipinski definition) is 4. The lowest BCUT2D eigenvalue weighted by molar-refractivity contribution is 0.365. The van der Waals surface area contributed by atoms with E-state index < -0.39 is 5.75 Å². The van der Waals surface area contributed by atoms with E-state index in [-0.39, 0.29) is 11.5 Å². The van der Waals surface area contributed by atoms with Crippen molar-refractivity contribution in [2.75, 3.05) is 5.32 Å². The van der Waals surface area contributed by atoms with Crippen molar-refractivity contribution in [3.63, 3.8) is 0 Å². The van der Waals surface area contributed by atoms with E-state index in [0.717, 1.165) is 21.3 Å². The highest BCUT2D eigenvalue weighted by molar-refractivity contribution is 9.10. The number of aryl methyl sites for hydroxylation is 2. The summed E-state index contributed by atoms with van der Waals surface area (Å²) in [6.07, 6.45) is 0. The van der Waals surface area contributed by atoms with Crippen molar-refractivity contribution in [2.45, 2.75) is 20.4 Å². The summed E-state index contributed by atoms with van der Waals surface area (Å²) in [5.74, 6) is -1.12. The van der Waals surface area contributed by atoms with Crippen LogP contribution in [0.4, 0.5) is 5.69 Å². The predicted octanol–water partition coefficient (Wildman–Crippen LogP) is 3.79. The maximum atomic E-state index is 9.78. The Hall–Kier alpha value is -1.88. The third-order valence-electron chi connectivity index (χ3n) is 3.17. The first-order valence-electron chi connectivity index (χ1n) is 6.13. The van der Waals surface area contributed by atoms with Crippen molar-refractivity contribution < 1.29 is 15.3 Å². The van der Waals surface area contributed by atoms with Crippen LogP contribution in [0.3, 0.4) is 0 Å². The molecule has 0 radical (unpaired) electrons. The van der Waals surface area contributed by atoms with Gasteiger partial charge in [0.2, 0.25) is 5.75 Å². The van der Waals surface area contributed by atoms with Crippen LogP contribution in [0.25, 0.3) is 0 Å². The molecule has 0 saturated heterocycles. The summed E-state index contributed by atoms with van der Waals surface area (Å²) in [4.78, 5) is 0. The molecule has 5 heteroatoms. The third kappa shape index (κ3) is 2.82. The van der Waals surface area contributed by atoms with Crippen LogP contribution in [0.5, 0.6) is 17.2 Å². The monoisotopic (exact) mass is 337 g/mol. The van der Waals surface area contributed by atoms with E-state index in [0.29, 0.717) is 12.1 Å². The SMILES string of the molecule is Cc1cc(Br)cc(C)c1NCc1ccc(O)c(O)c1O. The molecule has 4 N–H and O–H groups in total. The molecule has 0 spiro atoms. The highest BCUT2D eigenvalue weighted by Crippen LogP contribution is 2.37. The molecular formula is C15H16BrNO3. The number of nitrogens with one attached hydrogen (secondary N) is 1. The maximum Gasteiger partial charge on any atom is 0.200 e. The Kier molecular flexibility index (Phi) is 4.09. The molecule has 0 aliphatic rings. The molecule has 4 nitrogen and oxygen atoms in total. The number of phenolic OH excluding ortho intramolecular Hbond substituents is 3. The van der Waals surface area contributed by atoms with Crippen LogP contribution in [0.1, 0.15) is 16.7 Å². The number of hydrogen-bond acceptors (Lipinski definition) is 4. The lowest BCUT2D eigenvalue weighted by atomic mass is 10.1. The Morgan fingerprint density at radius 2 is 1.60 bits per heavy atom. The second kappa shape index (κ2) is 5.63. The Bertz CT molecular complexity index is 633. The second-order valence-corrected chi connectivity index (χ2v) is 5.62. The Balaban J connectivity index is 2.24. The lowest BCUT2D eigenvalue weighted by Crippen LogP contribution is -2.03. The van der Waals surface area contributed by atoms with Gasteiger partial charge in [0.15, 0.2) is 11.5 Å². The topological polar surface area (TPSA) is 72.7 Å². The highest BCUT2D eigenvalue weighted by Gasteiger charge is 2.11. The van der Waals surface area contributed by atoms with Gasteiger partial charge in [-0.3, -0.25) is 0 Å². The van der Waals surface area contributed by atoms with Gasteiger partial charge in [0.05, 0.1) is 0 Å². The standard InChI is InChI=1S/C15H16BrNO3/c1-8-5-11(16)6-9(2)13(8)17-7-10-3-4-12(18)15(20)14(10)19/h3-6,17-20H,7H2,1-2H3. The Labute approximate surface area is 125 Å². The van der Waals surface area contributed by atoms with Crippen LogP contribution in [0.2, 0.25) is 0 Å². The quantitative estimate of drug-likeness (QED) is 0.643. The van der Waals surface area contributed by atoms with Gasteiger partial charge in [-0.15, -0.1) is 0 Å². The fourth-order valence-corrected chi connectivity index (χ4v) is 2.81. The van der Waals surface area contributed by atoms with Gasteiger partial charge in [0.1, 0.15) is 0 Å². The fourth-order valence-electron chi connectivity index (χ4n) is 2.13. The van der Waals surface area contributed by atoms with Crippen LogP contribution in [-0.4, -0.2) is 15.3 Å². The molecule has 0 atom stereocenters. The van der Waals surface area contributed by atoms with Crippen molar-refractivity contribution >= 4 is 21.6 Å². The van der Waals surface area contributed by atoms with E-state index in [1.165, 1.54) is 6.07 Å². The molecular weight excluding hydrogens is 322 g/mol. The molecule has 0 amide bonds. The number of rotatable bonds is 3. The summed E-state index contributed by atoms with van der Waals surface area (Å²) < 4.78 is 1.02. The van der Waals surface area contributed by atoms with Crippen molar-refractivity contribution in [3.8, 4) is 17.2 Å². The zero-order valence-electron chi connectivity index (χ0n) is 11.2. The number of benzene rings is 2. The molecule has 20 heavy (non-hydrogen) atoms. The molecule has 0 saturated carbocycles. The highest BCUT2D eigenvalue weighted by atomic mass is 79.9. The first-order valence-corrected chi connectivity index (χ1v) is 6.93. The molecule has 0 aromatic heterocycles. The average molecular weight is 338 g/mol. The molecule has 0 aliphatic carbocycles. The largest absolute Gasteiger partial charge is 0.504 e. The van der Waals surface area contributed by atoms with Gasteiger partial charge >= 0.3 is 0 Å². The van der Waals surface area contributed by atoms with E-state index in [9.17, 15) is 15.3 Å². The summed E-state index contributed by atoms with van der Waals surface area (Å²) in [7, 11) is 0. The molecule has 2 rings (SSSR count). The lowest BCUT2D eigenvalue weighted by Gasteiger charge is -2.14. The van der Waals surface area contributed by atoms with Gasteiger partial charge in [-0.1, -0.05) is 15.9 Å². The summed E-state index contributed by atoms with van der Waals surface area (Å²) in [6, 6.07) is 6.93. The van der Waals surface area contributed by atoms with Crippen LogP contribution < -0.4 is 5.32 Å². The van der Waals surface area contributed by atoms with Crippen LogP contribution in [0, 0.1) is 13.8 Å². The number of halogens is 1. The Morgan fingerprint density at radius 1 is 1.00 bits per heavy atom. The zero-order valence-corrected chi connectivity index (χ0v) is 12.8. The minimum atomic E-state index is -0.492. The molecule has 2 aromatic rings. The Morgan fingerprint density at radius 3 is 2.20 bits per heavy atom. The minimum absolute atomic E-state index is 0.301. The summed E-state index contributed by atoms with van der Waals surface area (Å²) >= 11 is 3.44. The first kappa shape index (κ1) is 14.5. The molecule has 2 aromatic carbocycles. The summed E-state index contributed by atoms with van der Waals surface area (Å²) in [5.41, 5.74) is 3.67. The smallest absolute Gasteiger partial charge is 0.200 e. The molecule has 0 bridgehead atoms. The maximum absolute atomic E-state index is 9.78. The van der Waals surface area contributed by atoms with E-state index in [4.69, 9.17) is 0 Å². The van der Waals surface area contributed by atoms with Crippen LogP contribution in [-0.2, 0) is 6.54 Å². The number of phenols is 3. The van der Waals surface area contributed by atoms with Gasteiger partial charge < -0.3 is 20.6 Å². The predicted molar refractivity (Wildman–Crippen MR) is 82.4 cm³/mol. The van der Waals surface area contributed by atoms with Crippen molar-refractivity contribution in [2.24, 2.45) is 0 Å². The second-order valence-electron chi connectivity index (χ2n) is 4.71. The molecule has 0 fully saturated rings. The van der Waals surface area contributed by atoms with E-state index in [2.05, 4.69) is 21.2 Å². The molecule has 0 aliphatic heterocycles. The zero-order chi connectivity index (χ0) is 14.9. The summed E-state index contributed by atoms with van der Waals surface area (Å²) in [5, 5.41) is 31.8. The van der Waals surface area contributed by atoms with E-state index >= 15 is 0 Å². The average Bonchev–Trinajstić information content (AvgIpc) is 2.37. The van der Waals surface area contributed by atoms with Crippen LogP contribution >= 0.6 is 15.9 Å². The van der Waals surface area contributed by atoms with Gasteiger partial charge in [-0.2, -0.15) is 0 Å². The normalized spacial score (nSPS) is 10.6. The minimum Gasteiger partial charge on any atom is -0.504 e. The van der Waals surface area contributed by atoms with Gasteiger partial charge in [-0.25, -0.2) is 0 Å². The van der Waals surface area contributed by atoms with Gasteiger partial charge in [-0.05, 0) is 49.2 Å². The number of aromatic hydroxyl groups is 3. The van der Waals surface area contributed by atoms with Crippen molar-refractivity contribution in [1.29, 1.82) is 0 Å². The fraction of sp³-hybridized carbons (Fsp3) is 0.200. The van der Waals surface area contributed by atoms with Crippen LogP contribution in [0.15, 0.2) is 28.7 Å². The third-order valence-corrected chi connectivity index (χ3v) is 3.62. The summed E-state index contributed by atoms with van der Waals surface area (Å²) in [6.45, 7) is 4.34. The molecule has 0 heterocycles. The van der Waals surface area contributed by atoms with Crippen molar-refractivity contribution in [1.82, 2.24) is 0 Å². The first-order chi connectivity index (χ1) is 9.40. The van der Waals surface area contributed by atoms with E-state index in [1.54, 1.807) is 6.07 Å².